The largest absolute Gasteiger partial charge is 0.377 e. The SMILES string of the molecule is COCc1nnc(NC(=O)CN2CCc3[nH]ncc3C2)s1. The lowest BCUT2D eigenvalue weighted by molar-refractivity contribution is -0.117. The minimum absolute atomic E-state index is 0.0814. The first-order chi connectivity index (χ1) is 10.2. The molecule has 1 aliphatic rings. The molecule has 0 atom stereocenters. The molecular formula is C12H16N6O2S. The first kappa shape index (κ1) is 14.1. The standard InChI is InChI=1S/C12H16N6O2S/c1-20-7-11-16-17-12(21-11)14-10(19)6-18-3-2-9-8(5-18)4-13-15-9/h4H,2-3,5-7H2,1H3,(H,13,15)(H,14,17,19). The lowest BCUT2D eigenvalue weighted by Crippen LogP contribution is -2.36. The van der Waals surface area contributed by atoms with Crippen LogP contribution in [0.3, 0.4) is 0 Å². The van der Waals surface area contributed by atoms with Gasteiger partial charge in [-0.05, 0) is 0 Å². The van der Waals surface area contributed by atoms with Gasteiger partial charge in [0.05, 0.1) is 12.7 Å². The number of hydrogen-bond donors (Lipinski definition) is 2. The van der Waals surface area contributed by atoms with E-state index in [2.05, 4.69) is 30.6 Å². The molecule has 3 heterocycles. The van der Waals surface area contributed by atoms with Crippen LogP contribution in [0.2, 0.25) is 0 Å². The summed E-state index contributed by atoms with van der Waals surface area (Å²) in [6.07, 6.45) is 2.71. The molecular weight excluding hydrogens is 292 g/mol. The Balaban J connectivity index is 1.52. The molecule has 0 fully saturated rings. The van der Waals surface area contributed by atoms with Gasteiger partial charge in [0.2, 0.25) is 11.0 Å². The summed E-state index contributed by atoms with van der Waals surface area (Å²) in [5.74, 6) is -0.0814. The lowest BCUT2D eigenvalue weighted by atomic mass is 10.1. The second-order valence-corrected chi connectivity index (χ2v) is 5.88. The highest BCUT2D eigenvalue weighted by molar-refractivity contribution is 7.15. The molecule has 9 heteroatoms. The molecule has 0 radical (unpaired) electrons. The van der Waals surface area contributed by atoms with Gasteiger partial charge in [-0.2, -0.15) is 5.10 Å². The fourth-order valence-electron chi connectivity index (χ4n) is 2.26. The van der Waals surface area contributed by atoms with Crippen LogP contribution in [0, 0.1) is 0 Å². The summed E-state index contributed by atoms with van der Waals surface area (Å²) in [6.45, 7) is 2.32. The van der Waals surface area contributed by atoms with Gasteiger partial charge < -0.3 is 4.74 Å². The van der Waals surface area contributed by atoms with Crippen molar-refractivity contribution in [3.8, 4) is 0 Å². The van der Waals surface area contributed by atoms with E-state index >= 15 is 0 Å². The van der Waals surface area contributed by atoms with Gasteiger partial charge in [-0.1, -0.05) is 11.3 Å². The molecule has 1 aliphatic heterocycles. The zero-order chi connectivity index (χ0) is 14.7. The Morgan fingerprint density at radius 3 is 3.33 bits per heavy atom. The minimum Gasteiger partial charge on any atom is -0.377 e. The topological polar surface area (TPSA) is 96.0 Å². The van der Waals surface area contributed by atoms with Crippen LogP contribution in [0.15, 0.2) is 6.20 Å². The zero-order valence-electron chi connectivity index (χ0n) is 11.6. The van der Waals surface area contributed by atoms with Gasteiger partial charge in [-0.25, -0.2) is 0 Å². The number of methoxy groups -OCH3 is 1. The van der Waals surface area contributed by atoms with Crippen LogP contribution < -0.4 is 5.32 Å². The number of anilines is 1. The Labute approximate surface area is 125 Å². The molecule has 1 amide bonds. The van der Waals surface area contributed by atoms with Gasteiger partial charge in [-0.3, -0.25) is 20.1 Å². The van der Waals surface area contributed by atoms with Crippen molar-refractivity contribution in [3.05, 3.63) is 22.5 Å². The third-order valence-corrected chi connectivity index (χ3v) is 4.04. The summed E-state index contributed by atoms with van der Waals surface area (Å²) in [6, 6.07) is 0. The lowest BCUT2D eigenvalue weighted by Gasteiger charge is -2.25. The Hall–Kier alpha value is -1.84. The Kier molecular flexibility index (Phi) is 4.23. The highest BCUT2D eigenvalue weighted by atomic mass is 32.1. The monoisotopic (exact) mass is 308 g/mol. The predicted octanol–water partition coefficient (Wildman–Crippen LogP) is 0.404. The molecule has 112 valence electrons. The average Bonchev–Trinajstić information content (AvgIpc) is 3.08. The smallest absolute Gasteiger partial charge is 0.240 e. The molecule has 2 N–H and O–H groups in total. The predicted molar refractivity (Wildman–Crippen MR) is 76.8 cm³/mol. The molecule has 0 unspecified atom stereocenters. The van der Waals surface area contributed by atoms with Gasteiger partial charge in [0, 0.05) is 37.9 Å². The van der Waals surface area contributed by atoms with Gasteiger partial charge in [0.1, 0.15) is 11.6 Å². The Bertz CT molecular complexity index is 625. The Morgan fingerprint density at radius 2 is 2.48 bits per heavy atom. The second-order valence-electron chi connectivity index (χ2n) is 4.82. The number of rotatable bonds is 5. The van der Waals surface area contributed by atoms with Crippen molar-refractivity contribution in [2.45, 2.75) is 19.6 Å². The van der Waals surface area contributed by atoms with Gasteiger partial charge in [0.25, 0.3) is 0 Å². The van der Waals surface area contributed by atoms with E-state index in [0.29, 0.717) is 18.3 Å². The summed E-state index contributed by atoms with van der Waals surface area (Å²) < 4.78 is 4.97. The third kappa shape index (κ3) is 3.43. The van der Waals surface area contributed by atoms with E-state index in [1.54, 1.807) is 7.11 Å². The Morgan fingerprint density at radius 1 is 1.57 bits per heavy atom. The molecule has 0 spiro atoms. The van der Waals surface area contributed by atoms with Crippen LogP contribution in [0.4, 0.5) is 5.13 Å². The van der Waals surface area contributed by atoms with E-state index in [1.807, 2.05) is 6.20 Å². The van der Waals surface area contributed by atoms with E-state index in [4.69, 9.17) is 4.74 Å². The van der Waals surface area contributed by atoms with E-state index < -0.39 is 0 Å². The van der Waals surface area contributed by atoms with Crippen molar-refractivity contribution in [2.75, 3.05) is 25.5 Å². The van der Waals surface area contributed by atoms with E-state index in [-0.39, 0.29) is 5.91 Å². The molecule has 0 saturated carbocycles. The normalized spacial score (nSPS) is 14.9. The van der Waals surface area contributed by atoms with Crippen molar-refractivity contribution >= 4 is 22.4 Å². The number of aromatic nitrogens is 4. The second kappa shape index (κ2) is 6.29. The zero-order valence-corrected chi connectivity index (χ0v) is 12.4. The first-order valence-corrected chi connectivity index (χ1v) is 7.41. The number of H-pyrrole nitrogens is 1. The van der Waals surface area contributed by atoms with Crippen LogP contribution in [0.1, 0.15) is 16.3 Å². The number of hydrogen-bond acceptors (Lipinski definition) is 7. The first-order valence-electron chi connectivity index (χ1n) is 6.59. The molecule has 0 aromatic carbocycles. The fourth-order valence-corrected chi connectivity index (χ4v) is 2.99. The van der Waals surface area contributed by atoms with Crippen molar-refractivity contribution < 1.29 is 9.53 Å². The molecule has 2 aromatic rings. The minimum atomic E-state index is -0.0814. The summed E-state index contributed by atoms with van der Waals surface area (Å²) in [7, 11) is 1.60. The summed E-state index contributed by atoms with van der Waals surface area (Å²) in [4.78, 5) is 14.1. The maximum absolute atomic E-state index is 12.0. The molecule has 0 bridgehead atoms. The number of carbonyl (C=O) groups excluding carboxylic acids is 1. The van der Waals surface area contributed by atoms with Crippen molar-refractivity contribution in [3.63, 3.8) is 0 Å². The number of carbonyl (C=O) groups is 1. The fraction of sp³-hybridized carbons (Fsp3) is 0.500. The summed E-state index contributed by atoms with van der Waals surface area (Å²) in [5.41, 5.74) is 2.33. The highest BCUT2D eigenvalue weighted by Crippen LogP contribution is 2.17. The number of nitrogens with zero attached hydrogens (tertiary/aromatic N) is 4. The van der Waals surface area contributed by atoms with Crippen LogP contribution in [-0.4, -0.2) is 51.4 Å². The van der Waals surface area contributed by atoms with E-state index in [1.165, 1.54) is 17.0 Å². The third-order valence-electron chi connectivity index (χ3n) is 3.23. The number of amides is 1. The van der Waals surface area contributed by atoms with E-state index in [9.17, 15) is 4.79 Å². The number of nitrogens with one attached hydrogen (secondary N) is 2. The van der Waals surface area contributed by atoms with Crippen molar-refractivity contribution in [1.82, 2.24) is 25.3 Å². The maximum Gasteiger partial charge on any atom is 0.240 e. The molecule has 2 aromatic heterocycles. The summed E-state index contributed by atoms with van der Waals surface area (Å²) in [5, 5.41) is 18.9. The number of ether oxygens (including phenoxy) is 1. The number of fused-ring (bicyclic) bond motifs is 1. The molecule has 8 nitrogen and oxygen atoms in total. The van der Waals surface area contributed by atoms with Crippen molar-refractivity contribution in [1.29, 1.82) is 0 Å². The number of aromatic amines is 1. The van der Waals surface area contributed by atoms with Crippen molar-refractivity contribution in [2.24, 2.45) is 0 Å². The van der Waals surface area contributed by atoms with Crippen LogP contribution in [-0.2, 0) is 29.1 Å². The van der Waals surface area contributed by atoms with Crippen LogP contribution in [0.25, 0.3) is 0 Å². The van der Waals surface area contributed by atoms with Gasteiger partial charge in [-0.15, -0.1) is 10.2 Å². The summed E-state index contributed by atoms with van der Waals surface area (Å²) >= 11 is 1.33. The van der Waals surface area contributed by atoms with Crippen LogP contribution >= 0.6 is 11.3 Å². The quantitative estimate of drug-likeness (QED) is 0.830. The molecule has 21 heavy (non-hydrogen) atoms. The highest BCUT2D eigenvalue weighted by Gasteiger charge is 2.20. The average molecular weight is 308 g/mol. The van der Waals surface area contributed by atoms with Gasteiger partial charge >= 0.3 is 0 Å². The molecule has 0 saturated heterocycles. The van der Waals surface area contributed by atoms with Crippen LogP contribution in [0.5, 0.6) is 0 Å². The van der Waals surface area contributed by atoms with Gasteiger partial charge in [0.15, 0.2) is 0 Å². The maximum atomic E-state index is 12.0. The van der Waals surface area contributed by atoms with E-state index in [0.717, 1.165) is 30.1 Å². The molecule has 0 aliphatic carbocycles. The molecule has 3 rings (SSSR count).